The predicted molar refractivity (Wildman–Crippen MR) is 72.3 cm³/mol. The fourth-order valence-electron chi connectivity index (χ4n) is 1.70. The van der Waals surface area contributed by atoms with Gasteiger partial charge in [0.1, 0.15) is 5.75 Å². The van der Waals surface area contributed by atoms with E-state index < -0.39 is 0 Å². The maximum Gasteiger partial charge on any atom is 0.224 e. The highest BCUT2D eigenvalue weighted by Gasteiger charge is 2.10. The Morgan fingerprint density at radius 2 is 1.94 bits per heavy atom. The third-order valence-electron chi connectivity index (χ3n) is 2.67. The summed E-state index contributed by atoms with van der Waals surface area (Å²) in [5.41, 5.74) is 3.88. The molecule has 0 aromatic carbocycles. The van der Waals surface area contributed by atoms with Crippen LogP contribution in [0.1, 0.15) is 22.5 Å². The number of aromatic nitrogens is 2. The molecule has 0 unspecified atom stereocenters. The molecule has 0 N–H and O–H groups in total. The molecule has 3 nitrogen and oxygen atoms in total. The van der Waals surface area contributed by atoms with Gasteiger partial charge in [-0.2, -0.15) is 0 Å². The standard InChI is InChI=1S/C14H15ClN2O/c1-9-6-11(3)17-14(13(9)7-15)18-12-5-4-10(2)16-8-12/h4-6,8H,7H2,1-3H3. The van der Waals surface area contributed by atoms with Crippen molar-refractivity contribution in [1.82, 2.24) is 9.97 Å². The number of aryl methyl sites for hydroxylation is 3. The van der Waals surface area contributed by atoms with Gasteiger partial charge in [0.2, 0.25) is 5.88 Å². The molecule has 0 amide bonds. The highest BCUT2D eigenvalue weighted by molar-refractivity contribution is 6.17. The number of halogens is 1. The summed E-state index contributed by atoms with van der Waals surface area (Å²) in [6.45, 7) is 5.88. The number of nitrogens with zero attached hydrogens (tertiary/aromatic N) is 2. The molecule has 0 spiro atoms. The van der Waals surface area contributed by atoms with Crippen molar-refractivity contribution in [2.45, 2.75) is 26.7 Å². The predicted octanol–water partition coefficient (Wildman–Crippen LogP) is 3.93. The van der Waals surface area contributed by atoms with E-state index in [1.165, 1.54) is 0 Å². The fourth-order valence-corrected chi connectivity index (χ4v) is 2.03. The molecular formula is C14H15ClN2O. The lowest BCUT2D eigenvalue weighted by Crippen LogP contribution is -1.98. The Labute approximate surface area is 112 Å². The molecule has 0 saturated carbocycles. The van der Waals surface area contributed by atoms with E-state index in [4.69, 9.17) is 16.3 Å². The van der Waals surface area contributed by atoms with Crippen molar-refractivity contribution in [3.63, 3.8) is 0 Å². The molecule has 0 saturated heterocycles. The van der Waals surface area contributed by atoms with Gasteiger partial charge in [0.15, 0.2) is 0 Å². The van der Waals surface area contributed by atoms with Crippen molar-refractivity contribution in [2.24, 2.45) is 0 Å². The first-order valence-corrected chi connectivity index (χ1v) is 6.27. The molecular weight excluding hydrogens is 248 g/mol. The minimum absolute atomic E-state index is 0.383. The van der Waals surface area contributed by atoms with Crippen molar-refractivity contribution >= 4 is 11.6 Å². The van der Waals surface area contributed by atoms with Crippen molar-refractivity contribution in [2.75, 3.05) is 0 Å². The monoisotopic (exact) mass is 262 g/mol. The minimum Gasteiger partial charge on any atom is -0.437 e. The minimum atomic E-state index is 0.383. The lowest BCUT2D eigenvalue weighted by atomic mass is 10.1. The average molecular weight is 263 g/mol. The molecule has 2 rings (SSSR count). The Morgan fingerprint density at radius 3 is 2.56 bits per heavy atom. The Balaban J connectivity index is 2.36. The van der Waals surface area contributed by atoms with Crippen LogP contribution in [0.4, 0.5) is 0 Å². The number of pyridine rings is 2. The molecule has 0 fully saturated rings. The topological polar surface area (TPSA) is 35.0 Å². The quantitative estimate of drug-likeness (QED) is 0.786. The van der Waals surface area contributed by atoms with E-state index in [1.807, 2.05) is 39.0 Å². The number of rotatable bonds is 3. The molecule has 18 heavy (non-hydrogen) atoms. The van der Waals surface area contributed by atoms with Crippen molar-refractivity contribution in [1.29, 1.82) is 0 Å². The molecule has 2 aromatic heterocycles. The van der Waals surface area contributed by atoms with E-state index in [0.717, 1.165) is 22.5 Å². The summed E-state index contributed by atoms with van der Waals surface area (Å²) in [5.74, 6) is 1.62. The molecule has 0 atom stereocenters. The normalized spacial score (nSPS) is 10.4. The zero-order valence-electron chi connectivity index (χ0n) is 10.7. The van der Waals surface area contributed by atoms with Crippen molar-refractivity contribution in [3.05, 3.63) is 46.9 Å². The lowest BCUT2D eigenvalue weighted by molar-refractivity contribution is 0.454. The summed E-state index contributed by atoms with van der Waals surface area (Å²) in [6.07, 6.45) is 1.69. The van der Waals surface area contributed by atoms with Crippen LogP contribution in [0.3, 0.4) is 0 Å². The lowest BCUT2D eigenvalue weighted by Gasteiger charge is -2.11. The first-order valence-electron chi connectivity index (χ1n) is 5.73. The van der Waals surface area contributed by atoms with E-state index in [0.29, 0.717) is 17.5 Å². The molecule has 0 aliphatic heterocycles. The van der Waals surface area contributed by atoms with Crippen LogP contribution in [0.25, 0.3) is 0 Å². The van der Waals surface area contributed by atoms with Crippen LogP contribution < -0.4 is 4.74 Å². The summed E-state index contributed by atoms with van der Waals surface area (Å²) in [5, 5.41) is 0. The zero-order chi connectivity index (χ0) is 13.1. The second-order valence-corrected chi connectivity index (χ2v) is 4.50. The SMILES string of the molecule is Cc1ccc(Oc2nc(C)cc(C)c2CCl)cn1. The zero-order valence-corrected chi connectivity index (χ0v) is 11.5. The smallest absolute Gasteiger partial charge is 0.224 e. The first kappa shape index (κ1) is 12.8. The molecule has 0 radical (unpaired) electrons. The van der Waals surface area contributed by atoms with Gasteiger partial charge >= 0.3 is 0 Å². The van der Waals surface area contributed by atoms with Gasteiger partial charge in [-0.15, -0.1) is 11.6 Å². The summed E-state index contributed by atoms with van der Waals surface area (Å²) in [6, 6.07) is 5.77. The van der Waals surface area contributed by atoms with Gasteiger partial charge in [-0.1, -0.05) is 0 Å². The number of hydrogen-bond donors (Lipinski definition) is 0. The fraction of sp³-hybridized carbons (Fsp3) is 0.286. The van der Waals surface area contributed by atoms with Gasteiger partial charge in [0.05, 0.1) is 12.1 Å². The second-order valence-electron chi connectivity index (χ2n) is 4.24. The van der Waals surface area contributed by atoms with Crippen molar-refractivity contribution < 1.29 is 4.74 Å². The highest BCUT2D eigenvalue weighted by atomic mass is 35.5. The van der Waals surface area contributed by atoms with E-state index in [-0.39, 0.29) is 0 Å². The molecule has 0 aliphatic carbocycles. The van der Waals surface area contributed by atoms with Gasteiger partial charge in [0.25, 0.3) is 0 Å². The largest absolute Gasteiger partial charge is 0.437 e. The Hall–Kier alpha value is -1.61. The van der Waals surface area contributed by atoms with Crippen LogP contribution in [0.15, 0.2) is 24.4 Å². The van der Waals surface area contributed by atoms with Crippen LogP contribution in [-0.2, 0) is 5.88 Å². The van der Waals surface area contributed by atoms with Gasteiger partial charge in [-0.3, -0.25) is 4.98 Å². The number of hydrogen-bond acceptors (Lipinski definition) is 3. The number of alkyl halides is 1. The van der Waals surface area contributed by atoms with E-state index >= 15 is 0 Å². The molecule has 2 aromatic rings. The van der Waals surface area contributed by atoms with E-state index in [9.17, 15) is 0 Å². The summed E-state index contributed by atoms with van der Waals surface area (Å²) in [7, 11) is 0. The molecule has 2 heterocycles. The Kier molecular flexibility index (Phi) is 3.82. The molecule has 94 valence electrons. The van der Waals surface area contributed by atoms with Gasteiger partial charge < -0.3 is 4.74 Å². The van der Waals surface area contributed by atoms with Gasteiger partial charge in [0, 0.05) is 17.0 Å². The second kappa shape index (κ2) is 5.36. The maximum absolute atomic E-state index is 5.95. The molecule has 4 heteroatoms. The third kappa shape index (κ3) is 2.79. The Morgan fingerprint density at radius 1 is 1.17 bits per heavy atom. The summed E-state index contributed by atoms with van der Waals surface area (Å²) in [4.78, 5) is 8.58. The van der Waals surface area contributed by atoms with Crippen LogP contribution in [0.5, 0.6) is 11.6 Å². The first-order chi connectivity index (χ1) is 8.60. The van der Waals surface area contributed by atoms with E-state index in [1.54, 1.807) is 6.20 Å². The van der Waals surface area contributed by atoms with Crippen LogP contribution in [0, 0.1) is 20.8 Å². The average Bonchev–Trinajstić information content (AvgIpc) is 2.32. The van der Waals surface area contributed by atoms with Crippen LogP contribution in [0.2, 0.25) is 0 Å². The molecule has 0 bridgehead atoms. The molecule has 0 aliphatic rings. The third-order valence-corrected chi connectivity index (χ3v) is 2.94. The van der Waals surface area contributed by atoms with Gasteiger partial charge in [-0.05, 0) is 44.5 Å². The van der Waals surface area contributed by atoms with Crippen LogP contribution in [-0.4, -0.2) is 9.97 Å². The number of ether oxygens (including phenoxy) is 1. The maximum atomic E-state index is 5.95. The van der Waals surface area contributed by atoms with Crippen LogP contribution >= 0.6 is 11.6 Å². The van der Waals surface area contributed by atoms with Gasteiger partial charge in [-0.25, -0.2) is 4.98 Å². The highest BCUT2D eigenvalue weighted by Crippen LogP contribution is 2.27. The Bertz CT molecular complexity index is 552. The summed E-state index contributed by atoms with van der Waals surface area (Å²) < 4.78 is 5.76. The van der Waals surface area contributed by atoms with Crippen molar-refractivity contribution in [3.8, 4) is 11.6 Å². The van der Waals surface area contributed by atoms with E-state index in [2.05, 4.69) is 9.97 Å². The summed E-state index contributed by atoms with van der Waals surface area (Å²) >= 11 is 5.95.